The zero-order chi connectivity index (χ0) is 16.3. The van der Waals surface area contributed by atoms with Crippen LogP contribution in [0.4, 0.5) is 5.69 Å². The van der Waals surface area contributed by atoms with Gasteiger partial charge in [0.15, 0.2) is 0 Å². The maximum Gasteiger partial charge on any atom is 0.282 e. The number of hydrogen-bond donors (Lipinski definition) is 1. The number of ether oxygens (including phenoxy) is 1. The second kappa shape index (κ2) is 6.96. The number of benzene rings is 1. The van der Waals surface area contributed by atoms with E-state index in [0.29, 0.717) is 16.1 Å². The Morgan fingerprint density at radius 2 is 1.91 bits per heavy atom. The monoisotopic (exact) mass is 365 g/mol. The van der Waals surface area contributed by atoms with Gasteiger partial charge in [0, 0.05) is 7.05 Å². The summed E-state index contributed by atoms with van der Waals surface area (Å²) in [6.45, 7) is 4.26. The highest BCUT2D eigenvalue weighted by atomic mass is 79.9. The maximum atomic E-state index is 12.0. The van der Waals surface area contributed by atoms with Crippen molar-refractivity contribution < 1.29 is 4.74 Å². The van der Waals surface area contributed by atoms with E-state index < -0.39 is 0 Å². The molecular weight excluding hydrogens is 346 g/mol. The van der Waals surface area contributed by atoms with Gasteiger partial charge in [-0.15, -0.1) is 0 Å². The molecule has 1 N–H and O–H groups in total. The molecule has 1 heterocycles. The molecule has 0 radical (unpaired) electrons. The van der Waals surface area contributed by atoms with E-state index in [2.05, 4.69) is 40.2 Å². The molecular formula is C16H20BrN3O2. The molecule has 2 aromatic rings. The summed E-state index contributed by atoms with van der Waals surface area (Å²) in [5.74, 6) is 1.16. The molecule has 2 rings (SSSR count). The van der Waals surface area contributed by atoms with Gasteiger partial charge in [-0.05, 0) is 39.5 Å². The molecule has 1 unspecified atom stereocenters. The van der Waals surface area contributed by atoms with Crippen molar-refractivity contribution in [3.05, 3.63) is 50.9 Å². The molecule has 118 valence electrons. The number of nitrogens with zero attached hydrogens (tertiary/aromatic N) is 2. The number of nitrogens with one attached hydrogen (secondary N) is 1. The molecule has 0 aliphatic carbocycles. The van der Waals surface area contributed by atoms with Gasteiger partial charge >= 0.3 is 0 Å². The number of hydrogen-bond acceptors (Lipinski definition) is 4. The SMILES string of the molecule is COc1ccc(C(Nc2cnn(C)c(=O)c2Br)C(C)C)cc1. The third kappa shape index (κ3) is 3.50. The predicted octanol–water partition coefficient (Wildman–Crippen LogP) is 3.36. The van der Waals surface area contributed by atoms with Gasteiger partial charge < -0.3 is 10.1 Å². The molecule has 0 aliphatic rings. The molecule has 1 atom stereocenters. The first-order chi connectivity index (χ1) is 10.4. The van der Waals surface area contributed by atoms with Crippen molar-refractivity contribution in [2.45, 2.75) is 19.9 Å². The highest BCUT2D eigenvalue weighted by molar-refractivity contribution is 9.10. The van der Waals surface area contributed by atoms with E-state index in [0.717, 1.165) is 11.3 Å². The average molecular weight is 366 g/mol. The van der Waals surface area contributed by atoms with E-state index in [1.165, 1.54) is 4.68 Å². The molecule has 0 aliphatic heterocycles. The lowest BCUT2D eigenvalue weighted by Crippen LogP contribution is -2.24. The van der Waals surface area contributed by atoms with Crippen LogP contribution in [0.3, 0.4) is 0 Å². The second-order valence-corrected chi connectivity index (χ2v) is 6.23. The number of anilines is 1. The van der Waals surface area contributed by atoms with Crippen molar-refractivity contribution in [2.75, 3.05) is 12.4 Å². The number of aryl methyl sites for hydroxylation is 1. The zero-order valence-electron chi connectivity index (χ0n) is 13.1. The topological polar surface area (TPSA) is 56.1 Å². The Labute approximate surface area is 138 Å². The van der Waals surface area contributed by atoms with E-state index in [-0.39, 0.29) is 11.6 Å². The van der Waals surface area contributed by atoms with Crippen LogP contribution in [0.25, 0.3) is 0 Å². The van der Waals surface area contributed by atoms with Gasteiger partial charge in [-0.25, -0.2) is 4.68 Å². The van der Waals surface area contributed by atoms with Crippen LogP contribution in [0, 0.1) is 5.92 Å². The fraction of sp³-hybridized carbons (Fsp3) is 0.375. The van der Waals surface area contributed by atoms with Crippen molar-refractivity contribution >= 4 is 21.6 Å². The largest absolute Gasteiger partial charge is 0.497 e. The summed E-state index contributed by atoms with van der Waals surface area (Å²) in [6, 6.07) is 7.99. The van der Waals surface area contributed by atoms with Crippen LogP contribution in [-0.2, 0) is 7.05 Å². The molecule has 0 spiro atoms. The summed E-state index contributed by atoms with van der Waals surface area (Å²) in [6.07, 6.45) is 1.66. The molecule has 6 heteroatoms. The first-order valence-electron chi connectivity index (χ1n) is 7.06. The molecule has 0 saturated heterocycles. The minimum Gasteiger partial charge on any atom is -0.497 e. The normalized spacial score (nSPS) is 12.3. The van der Waals surface area contributed by atoms with E-state index in [9.17, 15) is 4.79 Å². The Bertz CT molecular complexity index is 696. The Hall–Kier alpha value is -1.82. The smallest absolute Gasteiger partial charge is 0.282 e. The number of rotatable bonds is 5. The predicted molar refractivity (Wildman–Crippen MR) is 91.4 cm³/mol. The minimum absolute atomic E-state index is 0.0658. The average Bonchev–Trinajstić information content (AvgIpc) is 2.52. The Morgan fingerprint density at radius 1 is 1.27 bits per heavy atom. The van der Waals surface area contributed by atoms with Crippen molar-refractivity contribution in [2.24, 2.45) is 13.0 Å². The lowest BCUT2D eigenvalue weighted by atomic mass is 9.96. The van der Waals surface area contributed by atoms with Gasteiger partial charge in [0.1, 0.15) is 10.2 Å². The lowest BCUT2D eigenvalue weighted by molar-refractivity contribution is 0.414. The third-order valence-corrected chi connectivity index (χ3v) is 4.30. The highest BCUT2D eigenvalue weighted by Crippen LogP contribution is 2.29. The first-order valence-corrected chi connectivity index (χ1v) is 7.85. The second-order valence-electron chi connectivity index (χ2n) is 5.44. The number of aromatic nitrogens is 2. The fourth-order valence-corrected chi connectivity index (χ4v) is 2.70. The Kier molecular flexibility index (Phi) is 5.24. The summed E-state index contributed by atoms with van der Waals surface area (Å²) in [5, 5.41) is 7.47. The quantitative estimate of drug-likeness (QED) is 0.882. The summed E-state index contributed by atoms with van der Waals surface area (Å²) >= 11 is 3.35. The van der Waals surface area contributed by atoms with Gasteiger partial charge in [-0.3, -0.25) is 4.79 Å². The molecule has 0 bridgehead atoms. The van der Waals surface area contributed by atoms with Gasteiger partial charge in [-0.2, -0.15) is 5.10 Å². The summed E-state index contributed by atoms with van der Waals surface area (Å²) in [5.41, 5.74) is 1.66. The summed E-state index contributed by atoms with van der Waals surface area (Å²) in [7, 11) is 3.27. The van der Waals surface area contributed by atoms with Crippen molar-refractivity contribution in [1.82, 2.24) is 9.78 Å². The van der Waals surface area contributed by atoms with Crippen LogP contribution in [0.5, 0.6) is 5.75 Å². The Balaban J connectivity index is 2.33. The fourth-order valence-electron chi connectivity index (χ4n) is 2.23. The van der Waals surface area contributed by atoms with Crippen molar-refractivity contribution in [3.63, 3.8) is 0 Å². The highest BCUT2D eigenvalue weighted by Gasteiger charge is 2.18. The van der Waals surface area contributed by atoms with Crippen LogP contribution in [0.1, 0.15) is 25.5 Å². The summed E-state index contributed by atoms with van der Waals surface area (Å²) < 4.78 is 6.98. The molecule has 0 saturated carbocycles. The molecule has 0 amide bonds. The minimum atomic E-state index is -0.165. The standard InChI is InChI=1S/C16H20BrN3O2/c1-10(2)15(11-5-7-12(22-4)8-6-11)19-13-9-18-20(3)16(21)14(13)17/h5-10,15,19H,1-4H3. The van der Waals surface area contributed by atoms with E-state index in [1.54, 1.807) is 20.4 Å². The molecule has 22 heavy (non-hydrogen) atoms. The van der Waals surface area contributed by atoms with E-state index in [1.807, 2.05) is 24.3 Å². The van der Waals surface area contributed by atoms with Gasteiger partial charge in [-0.1, -0.05) is 26.0 Å². The Morgan fingerprint density at radius 3 is 2.45 bits per heavy atom. The van der Waals surface area contributed by atoms with Crippen LogP contribution in [0.2, 0.25) is 0 Å². The molecule has 5 nitrogen and oxygen atoms in total. The van der Waals surface area contributed by atoms with Gasteiger partial charge in [0.25, 0.3) is 5.56 Å². The third-order valence-electron chi connectivity index (χ3n) is 3.53. The van der Waals surface area contributed by atoms with Gasteiger partial charge in [0.05, 0.1) is 25.0 Å². The van der Waals surface area contributed by atoms with Crippen molar-refractivity contribution in [3.8, 4) is 5.75 Å². The zero-order valence-corrected chi connectivity index (χ0v) is 14.7. The van der Waals surface area contributed by atoms with E-state index in [4.69, 9.17) is 4.74 Å². The van der Waals surface area contributed by atoms with Crippen LogP contribution >= 0.6 is 15.9 Å². The molecule has 1 aromatic heterocycles. The number of halogens is 1. The van der Waals surface area contributed by atoms with Crippen LogP contribution in [-0.4, -0.2) is 16.9 Å². The van der Waals surface area contributed by atoms with Crippen LogP contribution < -0.4 is 15.6 Å². The van der Waals surface area contributed by atoms with Crippen LogP contribution in [0.15, 0.2) is 39.7 Å². The molecule has 0 fully saturated rings. The van der Waals surface area contributed by atoms with Gasteiger partial charge in [0.2, 0.25) is 0 Å². The summed E-state index contributed by atoms with van der Waals surface area (Å²) in [4.78, 5) is 12.0. The number of methoxy groups -OCH3 is 1. The first kappa shape index (κ1) is 16.5. The van der Waals surface area contributed by atoms with E-state index >= 15 is 0 Å². The maximum absolute atomic E-state index is 12.0. The van der Waals surface area contributed by atoms with Crippen molar-refractivity contribution in [1.29, 1.82) is 0 Å². The lowest BCUT2D eigenvalue weighted by Gasteiger charge is -2.24. The molecule has 1 aromatic carbocycles.